The third-order valence-electron chi connectivity index (χ3n) is 6.31. The summed E-state index contributed by atoms with van der Waals surface area (Å²) < 4.78 is 0. The molecule has 0 atom stereocenters. The van der Waals surface area contributed by atoms with Gasteiger partial charge in [0, 0.05) is 42.9 Å². The van der Waals surface area contributed by atoms with Crippen LogP contribution in [0.4, 0.5) is 16.2 Å². The van der Waals surface area contributed by atoms with Crippen molar-refractivity contribution in [3.8, 4) is 0 Å². The normalized spacial score (nSPS) is 15.6. The highest BCUT2D eigenvalue weighted by molar-refractivity contribution is 6.00. The van der Waals surface area contributed by atoms with Crippen LogP contribution in [0.1, 0.15) is 66.4 Å². The number of benzene rings is 2. The highest BCUT2D eigenvalue weighted by atomic mass is 16.2. The van der Waals surface area contributed by atoms with E-state index in [1.807, 2.05) is 23.1 Å². The molecule has 0 unspecified atom stereocenters. The van der Waals surface area contributed by atoms with E-state index in [9.17, 15) is 14.4 Å². The smallest absolute Gasteiger partial charge is 0.321 e. The van der Waals surface area contributed by atoms with Gasteiger partial charge in [-0.2, -0.15) is 0 Å². The lowest BCUT2D eigenvalue weighted by Crippen LogP contribution is -2.35. The molecular weight excluding hydrogens is 402 g/mol. The van der Waals surface area contributed by atoms with E-state index in [0.717, 1.165) is 45.2 Å². The van der Waals surface area contributed by atoms with E-state index in [2.05, 4.69) is 10.6 Å². The molecule has 2 N–H and O–H groups in total. The number of carbonyl (C=O) groups is 3. The highest BCUT2D eigenvalue weighted by Crippen LogP contribution is 2.23. The number of rotatable bonds is 6. The molecule has 1 saturated heterocycles. The first-order chi connectivity index (χ1) is 15.6. The highest BCUT2D eigenvalue weighted by Gasteiger charge is 2.16. The lowest BCUT2D eigenvalue weighted by Gasteiger charge is -2.20. The fourth-order valence-corrected chi connectivity index (χ4v) is 4.45. The molecule has 2 aromatic rings. The Bertz CT molecular complexity index is 976. The lowest BCUT2D eigenvalue weighted by atomic mass is 10.0. The van der Waals surface area contributed by atoms with Crippen molar-refractivity contribution < 1.29 is 14.4 Å². The van der Waals surface area contributed by atoms with Crippen LogP contribution < -0.4 is 10.6 Å². The van der Waals surface area contributed by atoms with Crippen molar-refractivity contribution in [2.75, 3.05) is 23.7 Å². The number of hydrogen-bond acceptors (Lipinski definition) is 3. The molecule has 0 aromatic heterocycles. The molecule has 32 heavy (non-hydrogen) atoms. The van der Waals surface area contributed by atoms with E-state index >= 15 is 0 Å². The van der Waals surface area contributed by atoms with Crippen molar-refractivity contribution in [3.63, 3.8) is 0 Å². The predicted molar refractivity (Wildman–Crippen MR) is 126 cm³/mol. The summed E-state index contributed by atoms with van der Waals surface area (Å²) in [5.41, 5.74) is 4.65. The number of fused-ring (bicyclic) bond motifs is 1. The Morgan fingerprint density at radius 1 is 0.719 bits per heavy atom. The Morgan fingerprint density at radius 3 is 2.09 bits per heavy atom. The fraction of sp³-hybridized carbons (Fsp3) is 0.423. The van der Waals surface area contributed by atoms with E-state index in [-0.39, 0.29) is 30.6 Å². The monoisotopic (exact) mass is 433 g/mol. The Morgan fingerprint density at radius 2 is 1.38 bits per heavy atom. The first-order valence-corrected chi connectivity index (χ1v) is 11.7. The van der Waals surface area contributed by atoms with Crippen LogP contribution in [0.15, 0.2) is 42.5 Å². The summed E-state index contributed by atoms with van der Waals surface area (Å²) >= 11 is 0. The van der Waals surface area contributed by atoms with Gasteiger partial charge in [-0.05, 0) is 73.6 Å². The number of aryl methyl sites for hydroxylation is 2. The quantitative estimate of drug-likeness (QED) is 0.616. The van der Waals surface area contributed by atoms with Gasteiger partial charge in [-0.1, -0.05) is 25.0 Å². The maximum atomic E-state index is 12.5. The molecule has 0 spiro atoms. The number of anilines is 2. The molecule has 168 valence electrons. The predicted octanol–water partition coefficient (Wildman–Crippen LogP) is 5.18. The minimum atomic E-state index is -0.194. The minimum Gasteiger partial charge on any atom is -0.326 e. The Kier molecular flexibility index (Phi) is 7.20. The molecule has 1 heterocycles. The Balaban J connectivity index is 1.23. The van der Waals surface area contributed by atoms with Gasteiger partial charge in [-0.25, -0.2) is 4.79 Å². The number of amides is 3. The van der Waals surface area contributed by atoms with Crippen molar-refractivity contribution in [1.29, 1.82) is 0 Å². The van der Waals surface area contributed by atoms with E-state index in [1.165, 1.54) is 24.0 Å². The second-order valence-electron chi connectivity index (χ2n) is 8.72. The second kappa shape index (κ2) is 10.4. The first kappa shape index (κ1) is 22.1. The molecule has 3 amide bonds. The molecule has 1 aliphatic heterocycles. The summed E-state index contributed by atoms with van der Waals surface area (Å²) in [6, 6.07) is 12.9. The number of ketones is 1. The van der Waals surface area contributed by atoms with Crippen LogP contribution >= 0.6 is 0 Å². The van der Waals surface area contributed by atoms with Gasteiger partial charge in [-0.3, -0.25) is 9.59 Å². The summed E-state index contributed by atoms with van der Waals surface area (Å²) in [4.78, 5) is 39.1. The molecule has 4 rings (SSSR count). The number of urea groups is 1. The van der Waals surface area contributed by atoms with E-state index in [1.54, 1.807) is 24.3 Å². The van der Waals surface area contributed by atoms with Gasteiger partial charge in [0.15, 0.2) is 5.78 Å². The standard InChI is InChI=1S/C26H31N3O3/c30-24(21-9-8-19-6-5-7-20(19)18-21)14-15-25(31)27-22-10-12-23(13-11-22)28-26(32)29-16-3-1-2-4-17-29/h8-13,18H,1-7,14-17H2,(H,27,31)(H,28,32). The van der Waals surface area contributed by atoms with E-state index in [0.29, 0.717) is 16.9 Å². The van der Waals surface area contributed by atoms with Crippen molar-refractivity contribution in [1.82, 2.24) is 4.90 Å². The molecule has 1 fully saturated rings. The van der Waals surface area contributed by atoms with Gasteiger partial charge in [0.25, 0.3) is 0 Å². The number of nitrogens with zero attached hydrogens (tertiary/aromatic N) is 1. The molecule has 2 aliphatic rings. The largest absolute Gasteiger partial charge is 0.326 e. The maximum absolute atomic E-state index is 12.5. The summed E-state index contributed by atoms with van der Waals surface area (Å²) in [5, 5.41) is 5.75. The second-order valence-corrected chi connectivity index (χ2v) is 8.72. The van der Waals surface area contributed by atoms with Crippen LogP contribution in [0.25, 0.3) is 0 Å². The van der Waals surface area contributed by atoms with Crippen LogP contribution in [0.3, 0.4) is 0 Å². The number of carbonyl (C=O) groups excluding carboxylic acids is 3. The summed E-state index contributed by atoms with van der Waals surface area (Å²) in [6.45, 7) is 1.59. The maximum Gasteiger partial charge on any atom is 0.321 e. The van der Waals surface area contributed by atoms with Gasteiger partial charge in [0.2, 0.25) is 5.91 Å². The molecule has 1 aliphatic carbocycles. The van der Waals surface area contributed by atoms with Crippen LogP contribution in [-0.4, -0.2) is 35.7 Å². The van der Waals surface area contributed by atoms with Crippen LogP contribution in [0.2, 0.25) is 0 Å². The molecule has 6 nitrogen and oxygen atoms in total. The van der Waals surface area contributed by atoms with Gasteiger partial charge >= 0.3 is 6.03 Å². The topological polar surface area (TPSA) is 78.5 Å². The summed E-state index contributed by atoms with van der Waals surface area (Å²) in [7, 11) is 0. The van der Waals surface area contributed by atoms with Gasteiger partial charge in [0.1, 0.15) is 0 Å². The molecule has 0 saturated carbocycles. The van der Waals surface area contributed by atoms with Crippen LogP contribution in [-0.2, 0) is 17.6 Å². The van der Waals surface area contributed by atoms with Gasteiger partial charge < -0.3 is 15.5 Å². The van der Waals surface area contributed by atoms with Crippen molar-refractivity contribution >= 4 is 29.1 Å². The fourth-order valence-electron chi connectivity index (χ4n) is 4.45. The zero-order valence-electron chi connectivity index (χ0n) is 18.5. The number of hydrogen-bond donors (Lipinski definition) is 2. The zero-order valence-corrected chi connectivity index (χ0v) is 18.5. The average molecular weight is 434 g/mol. The third kappa shape index (κ3) is 5.75. The molecule has 0 bridgehead atoms. The van der Waals surface area contributed by atoms with Crippen LogP contribution in [0.5, 0.6) is 0 Å². The summed E-state index contributed by atoms with van der Waals surface area (Å²) in [5.74, 6) is -0.192. The van der Waals surface area contributed by atoms with Crippen LogP contribution in [0, 0.1) is 0 Å². The molecule has 6 heteroatoms. The third-order valence-corrected chi connectivity index (χ3v) is 6.31. The van der Waals surface area contributed by atoms with E-state index in [4.69, 9.17) is 0 Å². The Hall–Kier alpha value is -3.15. The van der Waals surface area contributed by atoms with Gasteiger partial charge in [0.05, 0.1) is 0 Å². The molecular formula is C26H31N3O3. The SMILES string of the molecule is O=C(CCC(=O)c1ccc2c(c1)CCC2)Nc1ccc(NC(=O)N2CCCCCC2)cc1. The molecule has 0 radical (unpaired) electrons. The number of likely N-dealkylation sites (tertiary alicyclic amines) is 1. The number of Topliss-reactive ketones (excluding diaryl/α,β-unsaturated/α-hetero) is 1. The summed E-state index contributed by atoms with van der Waals surface area (Å²) in [6.07, 6.45) is 8.06. The minimum absolute atomic E-state index is 0.00132. The number of nitrogens with one attached hydrogen (secondary N) is 2. The zero-order chi connectivity index (χ0) is 22.3. The van der Waals surface area contributed by atoms with E-state index < -0.39 is 0 Å². The van der Waals surface area contributed by atoms with Crippen molar-refractivity contribution in [2.24, 2.45) is 0 Å². The average Bonchev–Trinajstić information content (AvgIpc) is 3.10. The van der Waals surface area contributed by atoms with Gasteiger partial charge in [-0.15, -0.1) is 0 Å². The lowest BCUT2D eigenvalue weighted by molar-refractivity contribution is -0.116. The first-order valence-electron chi connectivity index (χ1n) is 11.7. The van der Waals surface area contributed by atoms with Crippen molar-refractivity contribution in [2.45, 2.75) is 57.8 Å². The Labute approximate surface area is 189 Å². The van der Waals surface area contributed by atoms with Crippen molar-refractivity contribution in [3.05, 3.63) is 59.2 Å². The molecule has 2 aromatic carbocycles.